The summed E-state index contributed by atoms with van der Waals surface area (Å²) < 4.78 is 40.4. The zero-order chi connectivity index (χ0) is 22.6. The summed E-state index contributed by atoms with van der Waals surface area (Å²) >= 11 is 6.12. The molecule has 0 bridgehead atoms. The molecule has 1 aromatic heterocycles. The number of anilines is 1. The van der Waals surface area contributed by atoms with Crippen LogP contribution in [0.3, 0.4) is 0 Å². The lowest BCUT2D eigenvalue weighted by Gasteiger charge is -2.16. The van der Waals surface area contributed by atoms with E-state index in [1.165, 1.54) is 6.07 Å². The highest BCUT2D eigenvalue weighted by molar-refractivity contribution is 7.92. The van der Waals surface area contributed by atoms with Gasteiger partial charge in [0.1, 0.15) is 19.0 Å². The minimum Gasteiger partial charge on any atom is -0.490 e. The molecule has 1 N–H and O–H groups in total. The highest BCUT2D eigenvalue weighted by atomic mass is 35.5. The van der Waals surface area contributed by atoms with Gasteiger partial charge in [-0.25, -0.2) is 13.4 Å². The molecule has 3 aromatic carbocycles. The third-order valence-corrected chi connectivity index (χ3v) is 6.73. The highest BCUT2D eigenvalue weighted by Gasteiger charge is 2.22. The van der Waals surface area contributed by atoms with Crippen LogP contribution in [0.1, 0.15) is 5.56 Å². The summed E-state index contributed by atoms with van der Waals surface area (Å²) in [6.45, 7) is 2.14. The third kappa shape index (κ3) is 4.79. The summed E-state index contributed by atoms with van der Waals surface area (Å²) in [7, 11) is -3.94. The number of aromatic nitrogens is 1. The fourth-order valence-corrected chi connectivity index (χ4v) is 4.75. The molecule has 4 rings (SSSR count). The normalized spacial score (nSPS) is 11.3. The van der Waals surface area contributed by atoms with Crippen molar-refractivity contribution in [1.29, 1.82) is 0 Å². The molecule has 0 saturated heterocycles. The van der Waals surface area contributed by atoms with Crippen molar-refractivity contribution in [2.75, 3.05) is 17.9 Å². The van der Waals surface area contributed by atoms with E-state index in [1.54, 1.807) is 25.3 Å². The van der Waals surface area contributed by atoms with Crippen LogP contribution in [-0.4, -0.2) is 26.6 Å². The van der Waals surface area contributed by atoms with Gasteiger partial charge in [-0.2, -0.15) is 0 Å². The van der Waals surface area contributed by atoms with Crippen LogP contribution in [0.15, 0.2) is 83.9 Å². The van der Waals surface area contributed by atoms with Gasteiger partial charge in [-0.1, -0.05) is 60.1 Å². The number of nitrogens with zero attached hydrogens (tertiary/aromatic N) is 1. The number of para-hydroxylation sites is 1. The zero-order valence-electron chi connectivity index (χ0n) is 17.3. The topological polar surface area (TPSA) is 77.5 Å². The second kappa shape index (κ2) is 9.46. The largest absolute Gasteiger partial charge is 0.490 e. The van der Waals surface area contributed by atoms with Gasteiger partial charge in [0.15, 0.2) is 11.6 Å². The first-order valence-electron chi connectivity index (χ1n) is 9.92. The van der Waals surface area contributed by atoms with Crippen molar-refractivity contribution in [2.45, 2.75) is 11.8 Å². The summed E-state index contributed by atoms with van der Waals surface area (Å²) in [6.07, 6.45) is 1.60. The van der Waals surface area contributed by atoms with E-state index in [0.717, 1.165) is 16.5 Å². The molecule has 0 unspecified atom stereocenters. The van der Waals surface area contributed by atoms with E-state index in [1.807, 2.05) is 54.6 Å². The maximum atomic E-state index is 13.1. The summed E-state index contributed by atoms with van der Waals surface area (Å²) in [5, 5.41) is 1.94. The van der Waals surface area contributed by atoms with Crippen molar-refractivity contribution >= 4 is 38.2 Å². The van der Waals surface area contributed by atoms with E-state index in [-0.39, 0.29) is 23.9 Å². The first kappa shape index (κ1) is 21.9. The summed E-state index contributed by atoms with van der Waals surface area (Å²) in [5.41, 5.74) is 0.459. The molecule has 1 heterocycles. The number of pyridine rings is 1. The Morgan fingerprint density at radius 1 is 0.906 bits per heavy atom. The molecule has 0 aliphatic rings. The molecule has 0 saturated carbocycles. The molecule has 6 nitrogen and oxygen atoms in total. The molecule has 4 aromatic rings. The SMILES string of the molecule is Cc1c(Cl)cccc1S(=O)(=O)Nc1ncc2ccccc2c1OCCOc1ccccc1. The summed E-state index contributed by atoms with van der Waals surface area (Å²) in [6, 6.07) is 21.6. The quantitative estimate of drug-likeness (QED) is 0.348. The molecular formula is C24H21ClN2O4S. The Bertz CT molecular complexity index is 1340. The number of fused-ring (bicyclic) bond motifs is 1. The number of sulfonamides is 1. The van der Waals surface area contributed by atoms with Crippen molar-refractivity contribution in [3.63, 3.8) is 0 Å². The third-order valence-electron chi connectivity index (χ3n) is 4.83. The van der Waals surface area contributed by atoms with Crippen LogP contribution in [0.5, 0.6) is 11.5 Å². The average molecular weight is 469 g/mol. The molecule has 0 amide bonds. The van der Waals surface area contributed by atoms with Crippen LogP contribution < -0.4 is 14.2 Å². The molecule has 8 heteroatoms. The lowest BCUT2D eigenvalue weighted by atomic mass is 10.1. The van der Waals surface area contributed by atoms with Crippen LogP contribution >= 0.6 is 11.6 Å². The summed E-state index contributed by atoms with van der Waals surface area (Å²) in [4.78, 5) is 4.40. The smallest absolute Gasteiger partial charge is 0.263 e. The Hall–Kier alpha value is -3.29. The zero-order valence-corrected chi connectivity index (χ0v) is 18.9. The van der Waals surface area contributed by atoms with Gasteiger partial charge in [0.05, 0.1) is 4.90 Å². The van der Waals surface area contributed by atoms with Gasteiger partial charge in [0, 0.05) is 22.0 Å². The van der Waals surface area contributed by atoms with E-state index in [0.29, 0.717) is 16.3 Å². The van der Waals surface area contributed by atoms with Crippen molar-refractivity contribution in [2.24, 2.45) is 0 Å². The Balaban J connectivity index is 1.61. The number of nitrogens with one attached hydrogen (secondary N) is 1. The molecule has 0 aliphatic heterocycles. The number of hydrogen-bond donors (Lipinski definition) is 1. The second-order valence-electron chi connectivity index (χ2n) is 7.00. The van der Waals surface area contributed by atoms with Crippen molar-refractivity contribution in [1.82, 2.24) is 4.98 Å². The fourth-order valence-electron chi connectivity index (χ4n) is 3.24. The number of ether oxygens (including phenoxy) is 2. The maximum absolute atomic E-state index is 13.1. The van der Waals surface area contributed by atoms with Crippen LogP contribution in [-0.2, 0) is 10.0 Å². The van der Waals surface area contributed by atoms with Gasteiger partial charge in [0.25, 0.3) is 10.0 Å². The number of rotatable bonds is 8. The summed E-state index contributed by atoms with van der Waals surface area (Å²) in [5.74, 6) is 1.16. The van der Waals surface area contributed by atoms with Gasteiger partial charge in [-0.05, 0) is 36.8 Å². The molecule has 32 heavy (non-hydrogen) atoms. The molecule has 0 atom stereocenters. The van der Waals surface area contributed by atoms with Crippen LogP contribution in [0.4, 0.5) is 5.82 Å². The lowest BCUT2D eigenvalue weighted by molar-refractivity contribution is 0.219. The number of hydrogen-bond acceptors (Lipinski definition) is 5. The first-order valence-corrected chi connectivity index (χ1v) is 11.8. The van der Waals surface area contributed by atoms with Crippen molar-refractivity contribution < 1.29 is 17.9 Å². The standard InChI is InChI=1S/C24H21ClN2O4S/c1-17-21(25)12-7-13-22(17)32(28,29)27-24-23(20-11-6-5-8-18(20)16-26-24)31-15-14-30-19-9-3-2-4-10-19/h2-13,16H,14-15H2,1H3,(H,26,27). The van der Waals surface area contributed by atoms with E-state index in [9.17, 15) is 8.42 Å². The van der Waals surface area contributed by atoms with Crippen LogP contribution in [0.2, 0.25) is 5.02 Å². The molecule has 164 valence electrons. The predicted molar refractivity (Wildman–Crippen MR) is 126 cm³/mol. The Morgan fingerprint density at radius 2 is 1.62 bits per heavy atom. The van der Waals surface area contributed by atoms with E-state index < -0.39 is 10.0 Å². The van der Waals surface area contributed by atoms with E-state index in [2.05, 4.69) is 9.71 Å². The van der Waals surface area contributed by atoms with Gasteiger partial charge < -0.3 is 9.47 Å². The Morgan fingerprint density at radius 3 is 2.44 bits per heavy atom. The minimum absolute atomic E-state index is 0.0818. The second-order valence-corrected chi connectivity index (χ2v) is 9.06. The molecule has 0 spiro atoms. The van der Waals surface area contributed by atoms with Crippen LogP contribution in [0, 0.1) is 6.92 Å². The highest BCUT2D eigenvalue weighted by Crippen LogP contribution is 2.34. The van der Waals surface area contributed by atoms with Gasteiger partial charge >= 0.3 is 0 Å². The lowest BCUT2D eigenvalue weighted by Crippen LogP contribution is -2.17. The van der Waals surface area contributed by atoms with Gasteiger partial charge in [-0.15, -0.1) is 0 Å². The van der Waals surface area contributed by atoms with Gasteiger partial charge in [0.2, 0.25) is 0 Å². The fraction of sp³-hybridized carbons (Fsp3) is 0.125. The first-order chi connectivity index (χ1) is 15.5. The number of benzene rings is 3. The molecule has 0 radical (unpaired) electrons. The predicted octanol–water partition coefficient (Wildman–Crippen LogP) is 5.46. The maximum Gasteiger partial charge on any atom is 0.263 e. The molecular weight excluding hydrogens is 448 g/mol. The van der Waals surface area contributed by atoms with E-state index >= 15 is 0 Å². The minimum atomic E-state index is -3.94. The average Bonchev–Trinajstić information content (AvgIpc) is 2.80. The molecule has 0 aliphatic carbocycles. The van der Waals surface area contributed by atoms with Crippen molar-refractivity contribution in [3.05, 3.63) is 89.6 Å². The monoisotopic (exact) mass is 468 g/mol. The van der Waals surface area contributed by atoms with Crippen molar-refractivity contribution in [3.8, 4) is 11.5 Å². The Labute approximate surface area is 191 Å². The van der Waals surface area contributed by atoms with E-state index in [4.69, 9.17) is 21.1 Å². The number of halogens is 1. The molecule has 0 fully saturated rings. The van der Waals surface area contributed by atoms with Crippen LogP contribution in [0.25, 0.3) is 10.8 Å². The Kier molecular flexibility index (Phi) is 6.48. The van der Waals surface area contributed by atoms with Gasteiger partial charge in [-0.3, -0.25) is 4.72 Å².